The van der Waals surface area contributed by atoms with Gasteiger partial charge < -0.3 is 10.6 Å². The first-order chi connectivity index (χ1) is 15.7. The molecule has 33 heavy (non-hydrogen) atoms. The van der Waals surface area contributed by atoms with Crippen LogP contribution in [0.25, 0.3) is 0 Å². The molecule has 4 amide bonds. The van der Waals surface area contributed by atoms with Gasteiger partial charge in [0.1, 0.15) is 5.54 Å². The van der Waals surface area contributed by atoms with Crippen LogP contribution in [0.3, 0.4) is 0 Å². The van der Waals surface area contributed by atoms with E-state index in [2.05, 4.69) is 17.6 Å². The summed E-state index contributed by atoms with van der Waals surface area (Å²) in [5.41, 5.74) is -0.223. The molecule has 1 saturated carbocycles. The van der Waals surface area contributed by atoms with E-state index in [0.717, 1.165) is 25.7 Å². The smallest absolute Gasteiger partial charge is 0.325 e. The highest BCUT2D eigenvalue weighted by Gasteiger charge is 2.52. The first kappa shape index (κ1) is 23.7. The fourth-order valence-electron chi connectivity index (χ4n) is 5.04. The predicted molar refractivity (Wildman–Crippen MR) is 123 cm³/mol. The molecule has 1 aliphatic carbocycles. The van der Waals surface area contributed by atoms with Crippen LogP contribution in [-0.4, -0.2) is 60.6 Å². The molecule has 0 aromatic heterocycles. The number of carbonyl (C=O) groups excluding carboxylic acids is 3. The Hall–Kier alpha value is -2.46. The highest BCUT2D eigenvalue weighted by atomic mass is 32.2. The molecule has 2 saturated heterocycles. The van der Waals surface area contributed by atoms with Crippen molar-refractivity contribution in [3.8, 4) is 0 Å². The molecular formula is C23H32N4O5S. The van der Waals surface area contributed by atoms with Crippen LogP contribution >= 0.6 is 0 Å². The molecule has 2 N–H and O–H groups in total. The van der Waals surface area contributed by atoms with Gasteiger partial charge in [-0.15, -0.1) is 0 Å². The van der Waals surface area contributed by atoms with Crippen LogP contribution in [0.15, 0.2) is 29.2 Å². The summed E-state index contributed by atoms with van der Waals surface area (Å²) in [6, 6.07) is 5.82. The maximum Gasteiger partial charge on any atom is 0.325 e. The summed E-state index contributed by atoms with van der Waals surface area (Å²) in [5.74, 6) is -0.0823. The number of piperidine rings is 1. The second-order valence-corrected chi connectivity index (χ2v) is 11.4. The number of anilines is 1. The van der Waals surface area contributed by atoms with Gasteiger partial charge in [0.05, 0.1) is 4.90 Å². The molecule has 2 heterocycles. The Balaban J connectivity index is 1.27. The number of sulfonamides is 1. The molecule has 180 valence electrons. The quantitative estimate of drug-likeness (QED) is 0.587. The molecule has 0 unspecified atom stereocenters. The van der Waals surface area contributed by atoms with E-state index in [4.69, 9.17) is 0 Å². The van der Waals surface area contributed by atoms with Gasteiger partial charge in [-0.2, -0.15) is 4.31 Å². The summed E-state index contributed by atoms with van der Waals surface area (Å²) in [4.78, 5) is 38.6. The third kappa shape index (κ3) is 4.91. The Bertz CT molecular complexity index is 1020. The number of urea groups is 1. The predicted octanol–water partition coefficient (Wildman–Crippen LogP) is 2.69. The SMILES string of the molecule is C[C@H]1CCCN(S(=O)(=O)c2ccc(NC(=O)CCCN3C(=O)NC4(CCCC4)C3=O)cc2)C1. The van der Waals surface area contributed by atoms with E-state index in [0.29, 0.717) is 44.0 Å². The lowest BCUT2D eigenvalue weighted by molar-refractivity contribution is -0.131. The number of benzene rings is 1. The lowest BCUT2D eigenvalue weighted by Crippen LogP contribution is -2.44. The Morgan fingerprint density at radius 1 is 1.15 bits per heavy atom. The van der Waals surface area contributed by atoms with Crippen LogP contribution in [0.4, 0.5) is 10.5 Å². The van der Waals surface area contributed by atoms with Crippen LogP contribution in [-0.2, 0) is 19.6 Å². The zero-order chi connectivity index (χ0) is 23.6. The molecule has 10 heteroatoms. The normalized spacial score (nSPS) is 23.2. The van der Waals surface area contributed by atoms with Gasteiger partial charge in [-0.1, -0.05) is 19.8 Å². The monoisotopic (exact) mass is 476 g/mol. The molecule has 4 rings (SSSR count). The summed E-state index contributed by atoms with van der Waals surface area (Å²) >= 11 is 0. The van der Waals surface area contributed by atoms with Gasteiger partial charge in [0.15, 0.2) is 0 Å². The minimum absolute atomic E-state index is 0.149. The average molecular weight is 477 g/mol. The van der Waals surface area contributed by atoms with Crippen LogP contribution in [0.1, 0.15) is 58.3 Å². The van der Waals surface area contributed by atoms with E-state index in [1.807, 2.05) is 0 Å². The number of nitrogens with zero attached hydrogens (tertiary/aromatic N) is 2. The van der Waals surface area contributed by atoms with Crippen molar-refractivity contribution in [3.05, 3.63) is 24.3 Å². The molecule has 2 aliphatic heterocycles. The molecular weight excluding hydrogens is 444 g/mol. The second-order valence-electron chi connectivity index (χ2n) is 9.46. The minimum Gasteiger partial charge on any atom is -0.326 e. The minimum atomic E-state index is -3.54. The second kappa shape index (κ2) is 9.42. The molecule has 0 bridgehead atoms. The maximum atomic E-state index is 12.9. The van der Waals surface area contributed by atoms with E-state index in [1.54, 1.807) is 12.1 Å². The first-order valence-electron chi connectivity index (χ1n) is 11.8. The maximum absolute atomic E-state index is 12.9. The van der Waals surface area contributed by atoms with Gasteiger partial charge in [-0.25, -0.2) is 13.2 Å². The summed E-state index contributed by atoms with van der Waals surface area (Å²) < 4.78 is 27.2. The first-order valence-corrected chi connectivity index (χ1v) is 13.2. The van der Waals surface area contributed by atoms with E-state index in [-0.39, 0.29) is 35.7 Å². The Labute approximate surface area is 194 Å². The standard InChI is InChI=1S/C23H32N4O5S/c1-17-6-4-14-26(16-17)33(31,32)19-10-8-18(9-11-19)24-20(28)7-5-15-27-21(29)23(25-22(27)30)12-2-3-13-23/h8-11,17H,2-7,12-16H2,1H3,(H,24,28)(H,25,30)/t17-/m0/s1. The van der Waals surface area contributed by atoms with Gasteiger partial charge in [-0.3, -0.25) is 14.5 Å². The van der Waals surface area contributed by atoms with E-state index >= 15 is 0 Å². The summed E-state index contributed by atoms with van der Waals surface area (Å²) in [6.45, 7) is 3.31. The largest absolute Gasteiger partial charge is 0.326 e. The van der Waals surface area contributed by atoms with Crippen molar-refractivity contribution >= 4 is 33.6 Å². The molecule has 0 radical (unpaired) electrons. The van der Waals surface area contributed by atoms with Crippen molar-refractivity contribution < 1.29 is 22.8 Å². The summed E-state index contributed by atoms with van der Waals surface area (Å²) in [5, 5.41) is 5.59. The van der Waals surface area contributed by atoms with Crippen molar-refractivity contribution in [1.29, 1.82) is 0 Å². The van der Waals surface area contributed by atoms with E-state index in [1.165, 1.54) is 21.3 Å². The van der Waals surface area contributed by atoms with Crippen LogP contribution in [0.5, 0.6) is 0 Å². The Kier molecular flexibility index (Phi) is 6.76. The Morgan fingerprint density at radius 3 is 2.52 bits per heavy atom. The lowest BCUT2D eigenvalue weighted by Gasteiger charge is -2.30. The zero-order valence-corrected chi connectivity index (χ0v) is 19.8. The van der Waals surface area contributed by atoms with Crippen LogP contribution in [0, 0.1) is 5.92 Å². The fourth-order valence-corrected chi connectivity index (χ4v) is 6.64. The molecule has 3 aliphatic rings. The van der Waals surface area contributed by atoms with Crippen molar-refractivity contribution in [3.63, 3.8) is 0 Å². The number of rotatable bonds is 7. The van der Waals surface area contributed by atoms with E-state index < -0.39 is 15.6 Å². The molecule has 3 fully saturated rings. The van der Waals surface area contributed by atoms with Gasteiger partial charge in [-0.05, 0) is 62.3 Å². The van der Waals surface area contributed by atoms with Crippen molar-refractivity contribution in [1.82, 2.24) is 14.5 Å². The molecule has 1 aromatic carbocycles. The number of carbonyl (C=O) groups is 3. The third-order valence-electron chi connectivity index (χ3n) is 6.88. The van der Waals surface area contributed by atoms with Gasteiger partial charge >= 0.3 is 6.03 Å². The zero-order valence-electron chi connectivity index (χ0n) is 19.0. The number of amides is 4. The fraction of sp³-hybridized carbons (Fsp3) is 0.609. The Morgan fingerprint density at radius 2 is 1.85 bits per heavy atom. The van der Waals surface area contributed by atoms with Crippen molar-refractivity contribution in [2.75, 3.05) is 25.0 Å². The molecule has 1 atom stereocenters. The number of imide groups is 1. The molecule has 9 nitrogen and oxygen atoms in total. The van der Waals surface area contributed by atoms with E-state index in [9.17, 15) is 22.8 Å². The van der Waals surface area contributed by atoms with Crippen molar-refractivity contribution in [2.45, 2.75) is 68.7 Å². The lowest BCUT2D eigenvalue weighted by atomic mass is 9.98. The summed E-state index contributed by atoms with van der Waals surface area (Å²) in [6.07, 6.45) is 5.62. The average Bonchev–Trinajstić information content (AvgIpc) is 3.34. The highest BCUT2D eigenvalue weighted by Crippen LogP contribution is 2.35. The number of hydrogen-bond acceptors (Lipinski definition) is 5. The molecule has 1 spiro atoms. The summed E-state index contributed by atoms with van der Waals surface area (Å²) in [7, 11) is -3.54. The van der Waals surface area contributed by atoms with Gasteiger partial charge in [0.25, 0.3) is 5.91 Å². The van der Waals surface area contributed by atoms with Crippen LogP contribution < -0.4 is 10.6 Å². The number of nitrogens with one attached hydrogen (secondary N) is 2. The number of hydrogen-bond donors (Lipinski definition) is 2. The van der Waals surface area contributed by atoms with Gasteiger partial charge in [0, 0.05) is 31.7 Å². The third-order valence-corrected chi connectivity index (χ3v) is 8.76. The topological polar surface area (TPSA) is 116 Å². The van der Waals surface area contributed by atoms with Crippen molar-refractivity contribution in [2.24, 2.45) is 5.92 Å². The highest BCUT2D eigenvalue weighted by molar-refractivity contribution is 7.89. The molecule has 1 aromatic rings. The van der Waals surface area contributed by atoms with Gasteiger partial charge in [0.2, 0.25) is 15.9 Å². The van der Waals surface area contributed by atoms with Crippen LogP contribution in [0.2, 0.25) is 0 Å².